The van der Waals surface area contributed by atoms with Crippen LogP contribution in [0.25, 0.3) is 0 Å². The van der Waals surface area contributed by atoms with Gasteiger partial charge in [0.15, 0.2) is 0 Å². The predicted molar refractivity (Wildman–Crippen MR) is 44.7 cm³/mol. The minimum absolute atomic E-state index is 0.256. The first-order chi connectivity index (χ1) is 5.16. The van der Waals surface area contributed by atoms with Gasteiger partial charge < -0.3 is 0 Å². The van der Waals surface area contributed by atoms with E-state index < -0.39 is 0 Å². The molecule has 0 atom stereocenters. The van der Waals surface area contributed by atoms with Crippen molar-refractivity contribution in [3.05, 3.63) is 29.1 Å². The van der Waals surface area contributed by atoms with Crippen LogP contribution in [0.2, 0.25) is 0 Å². The molecule has 0 saturated heterocycles. The molecule has 0 fully saturated rings. The fourth-order valence-corrected chi connectivity index (χ4v) is 0.936. The maximum atomic E-state index is 12.8. The molecule has 0 unspecified atom stereocenters. The number of rotatable bonds is 1. The first-order valence-electron chi connectivity index (χ1n) is 3.37. The summed E-state index contributed by atoms with van der Waals surface area (Å²) in [6.07, 6.45) is 0.738. The molecule has 0 aliphatic carbocycles. The Kier molecular flexibility index (Phi) is 2.08. The molecule has 1 aromatic rings. The van der Waals surface area contributed by atoms with E-state index in [1.807, 2.05) is 0 Å². The first-order valence-corrected chi connectivity index (χ1v) is 3.37. The molecule has 0 heterocycles. The second kappa shape index (κ2) is 2.87. The second-order valence-electron chi connectivity index (χ2n) is 2.50. The van der Waals surface area contributed by atoms with Gasteiger partial charge in [-0.25, -0.2) is 4.39 Å². The minimum Gasteiger partial charge on any atom is -0.298 e. The summed E-state index contributed by atoms with van der Waals surface area (Å²) in [5, 5.41) is 0. The van der Waals surface area contributed by atoms with Crippen molar-refractivity contribution in [2.75, 3.05) is 0 Å². The van der Waals surface area contributed by atoms with Crippen molar-refractivity contribution in [3.8, 4) is 0 Å². The lowest BCUT2D eigenvalue weighted by molar-refractivity contribution is 0.112. The fourth-order valence-electron chi connectivity index (χ4n) is 0.936. The normalized spacial score (nSPS) is 9.64. The van der Waals surface area contributed by atoms with Gasteiger partial charge >= 0.3 is 0 Å². The summed E-state index contributed by atoms with van der Waals surface area (Å²) >= 11 is 0. The molecule has 0 radical (unpaired) electrons. The van der Waals surface area contributed by atoms with E-state index in [0.29, 0.717) is 11.0 Å². The summed E-state index contributed by atoms with van der Waals surface area (Å²) in [7, 11) is 1.66. The predicted octanol–water partition coefficient (Wildman–Crippen LogP) is 0.205. The van der Waals surface area contributed by atoms with Crippen molar-refractivity contribution < 1.29 is 9.18 Å². The van der Waals surface area contributed by atoms with Crippen LogP contribution >= 0.6 is 0 Å². The maximum absolute atomic E-state index is 12.8. The Morgan fingerprint density at radius 1 is 1.55 bits per heavy atom. The molecule has 1 nitrogen and oxygen atoms in total. The number of aldehydes is 1. The van der Waals surface area contributed by atoms with Crippen molar-refractivity contribution in [3.63, 3.8) is 0 Å². The highest BCUT2D eigenvalue weighted by Gasteiger charge is 2.03. The lowest BCUT2D eigenvalue weighted by atomic mass is 9.88. The summed E-state index contributed by atoms with van der Waals surface area (Å²) < 4.78 is 12.8. The summed E-state index contributed by atoms with van der Waals surface area (Å²) in [6.45, 7) is 1.74. The highest BCUT2D eigenvalue weighted by atomic mass is 19.1. The summed E-state index contributed by atoms with van der Waals surface area (Å²) in [4.78, 5) is 10.4. The van der Waals surface area contributed by atoms with E-state index in [4.69, 9.17) is 0 Å². The topological polar surface area (TPSA) is 17.1 Å². The van der Waals surface area contributed by atoms with Crippen molar-refractivity contribution in [1.29, 1.82) is 0 Å². The molecule has 56 valence electrons. The van der Waals surface area contributed by atoms with E-state index in [1.165, 1.54) is 12.1 Å². The third-order valence-corrected chi connectivity index (χ3v) is 1.89. The van der Waals surface area contributed by atoms with Gasteiger partial charge in [0, 0.05) is 5.56 Å². The number of halogens is 1. The molecule has 1 aromatic carbocycles. The SMILES string of the molecule is Bc1c(F)ccc(C=O)c1C. The van der Waals surface area contributed by atoms with Crippen molar-refractivity contribution in [2.24, 2.45) is 0 Å². The van der Waals surface area contributed by atoms with E-state index in [9.17, 15) is 9.18 Å². The lowest BCUT2D eigenvalue weighted by Gasteiger charge is -2.02. The molecule has 0 amide bonds. The Hall–Kier alpha value is -1.12. The number of carbonyl (C=O) groups excluding carboxylic acids is 1. The Morgan fingerprint density at radius 3 is 2.73 bits per heavy atom. The number of hydrogen-bond donors (Lipinski definition) is 0. The number of carbonyl (C=O) groups is 1. The third-order valence-electron chi connectivity index (χ3n) is 1.89. The molecule has 0 aromatic heterocycles. The van der Waals surface area contributed by atoms with Gasteiger partial charge in [-0.1, -0.05) is 5.46 Å². The summed E-state index contributed by atoms with van der Waals surface area (Å²) in [5.41, 5.74) is 1.83. The van der Waals surface area contributed by atoms with E-state index in [1.54, 1.807) is 14.8 Å². The van der Waals surface area contributed by atoms with Crippen LogP contribution in [0, 0.1) is 12.7 Å². The zero-order valence-corrected chi connectivity index (χ0v) is 6.52. The Bertz CT molecular complexity index is 296. The Morgan fingerprint density at radius 2 is 2.18 bits per heavy atom. The van der Waals surface area contributed by atoms with Gasteiger partial charge in [-0.15, -0.1) is 0 Å². The molecule has 0 spiro atoms. The number of benzene rings is 1. The molecule has 3 heteroatoms. The van der Waals surface area contributed by atoms with Crippen molar-refractivity contribution >= 4 is 19.6 Å². The van der Waals surface area contributed by atoms with Crippen LogP contribution in [0.1, 0.15) is 15.9 Å². The van der Waals surface area contributed by atoms with Crippen LogP contribution in [-0.2, 0) is 0 Å². The van der Waals surface area contributed by atoms with Crippen LogP contribution in [0.4, 0.5) is 4.39 Å². The van der Waals surface area contributed by atoms with Gasteiger partial charge in [-0.2, -0.15) is 0 Å². The molecular weight excluding hydrogens is 142 g/mol. The van der Waals surface area contributed by atoms with Crippen LogP contribution in [0.3, 0.4) is 0 Å². The van der Waals surface area contributed by atoms with E-state index >= 15 is 0 Å². The quantitative estimate of drug-likeness (QED) is 0.413. The number of hydrogen-bond acceptors (Lipinski definition) is 1. The average molecular weight is 150 g/mol. The van der Waals surface area contributed by atoms with Crippen LogP contribution in [0.5, 0.6) is 0 Å². The maximum Gasteiger partial charge on any atom is 0.150 e. The summed E-state index contributed by atoms with van der Waals surface area (Å²) in [6, 6.07) is 2.80. The molecule has 0 saturated carbocycles. The highest BCUT2D eigenvalue weighted by molar-refractivity contribution is 6.33. The monoisotopic (exact) mass is 150 g/mol. The van der Waals surface area contributed by atoms with E-state index in [2.05, 4.69) is 0 Å². The molecule has 0 N–H and O–H groups in total. The molecule has 0 bridgehead atoms. The molecule has 1 rings (SSSR count). The molecular formula is C8H8BFO. The van der Waals surface area contributed by atoms with Crippen LogP contribution in [-0.4, -0.2) is 14.1 Å². The Labute approximate surface area is 65.6 Å². The van der Waals surface area contributed by atoms with Gasteiger partial charge in [-0.05, 0) is 24.6 Å². The van der Waals surface area contributed by atoms with Crippen LogP contribution in [0.15, 0.2) is 12.1 Å². The van der Waals surface area contributed by atoms with Gasteiger partial charge in [0.05, 0.1) is 0 Å². The highest BCUT2D eigenvalue weighted by Crippen LogP contribution is 2.03. The standard InChI is InChI=1S/C8H8BFO/c1-5-6(4-11)2-3-7(10)8(5)9/h2-4H,9H2,1H3. The fraction of sp³-hybridized carbons (Fsp3) is 0.125. The van der Waals surface area contributed by atoms with Gasteiger partial charge in [0.2, 0.25) is 0 Å². The van der Waals surface area contributed by atoms with E-state index in [0.717, 1.165) is 11.8 Å². The largest absolute Gasteiger partial charge is 0.298 e. The first kappa shape index (κ1) is 7.99. The summed E-state index contributed by atoms with van der Waals surface area (Å²) in [5.74, 6) is -0.256. The van der Waals surface area contributed by atoms with Crippen molar-refractivity contribution in [2.45, 2.75) is 6.92 Å². The molecule has 11 heavy (non-hydrogen) atoms. The lowest BCUT2D eigenvalue weighted by Crippen LogP contribution is -2.14. The van der Waals surface area contributed by atoms with Crippen molar-refractivity contribution in [1.82, 2.24) is 0 Å². The van der Waals surface area contributed by atoms with Crippen LogP contribution < -0.4 is 5.46 Å². The zero-order valence-electron chi connectivity index (χ0n) is 6.52. The van der Waals surface area contributed by atoms with Gasteiger partial charge in [0.1, 0.15) is 19.9 Å². The smallest absolute Gasteiger partial charge is 0.150 e. The Balaban J connectivity index is 3.36. The van der Waals surface area contributed by atoms with Gasteiger partial charge in [-0.3, -0.25) is 4.79 Å². The minimum atomic E-state index is -0.256. The van der Waals surface area contributed by atoms with E-state index in [-0.39, 0.29) is 5.82 Å². The van der Waals surface area contributed by atoms with Gasteiger partial charge in [0.25, 0.3) is 0 Å². The molecule has 0 aliphatic heterocycles. The second-order valence-corrected chi connectivity index (χ2v) is 2.50. The molecule has 0 aliphatic rings. The third kappa shape index (κ3) is 1.32. The average Bonchev–Trinajstić information content (AvgIpc) is 2.01. The zero-order chi connectivity index (χ0) is 8.43.